The number of hydrogen-bond acceptors (Lipinski definition) is 3. The van der Waals surface area contributed by atoms with Crippen LogP contribution in [0.15, 0.2) is 18.2 Å². The van der Waals surface area contributed by atoms with Crippen LogP contribution in [0.25, 0.3) is 0 Å². The second-order valence-electron chi connectivity index (χ2n) is 8.26. The SMILES string of the molecule is CCn1c(CCC(=O)Nc2cc(C)cc(C)c2)nnc1CCC(C)(C)C. The maximum atomic E-state index is 12.3. The van der Waals surface area contributed by atoms with Gasteiger partial charge in [0.15, 0.2) is 0 Å². The summed E-state index contributed by atoms with van der Waals surface area (Å²) in [4.78, 5) is 12.3. The Morgan fingerprint density at radius 1 is 1.04 bits per heavy atom. The standard InChI is InChI=1S/C21H32N4O/c1-7-25-18(23-24-19(25)10-11-21(4,5)6)8-9-20(26)22-17-13-15(2)12-16(3)14-17/h12-14H,7-11H2,1-6H3,(H,22,26). The van der Waals surface area contributed by atoms with Gasteiger partial charge in [0, 0.05) is 31.5 Å². The first-order chi connectivity index (χ1) is 12.2. The van der Waals surface area contributed by atoms with Crippen molar-refractivity contribution in [1.82, 2.24) is 14.8 Å². The Morgan fingerprint density at radius 3 is 2.15 bits per heavy atom. The highest BCUT2D eigenvalue weighted by atomic mass is 16.1. The van der Waals surface area contributed by atoms with Gasteiger partial charge in [0.05, 0.1) is 0 Å². The number of aromatic nitrogens is 3. The van der Waals surface area contributed by atoms with E-state index in [2.05, 4.69) is 53.8 Å². The Bertz CT molecular complexity index is 736. The largest absolute Gasteiger partial charge is 0.326 e. The monoisotopic (exact) mass is 356 g/mol. The molecule has 2 aromatic rings. The average Bonchev–Trinajstić information content (AvgIpc) is 2.91. The molecule has 0 radical (unpaired) electrons. The minimum absolute atomic E-state index is 0.0110. The summed E-state index contributed by atoms with van der Waals surface area (Å²) in [6, 6.07) is 6.08. The van der Waals surface area contributed by atoms with Crippen LogP contribution in [0.4, 0.5) is 5.69 Å². The normalized spacial score (nSPS) is 11.6. The fraction of sp³-hybridized carbons (Fsp3) is 0.571. The van der Waals surface area contributed by atoms with Gasteiger partial charge in [-0.3, -0.25) is 4.79 Å². The summed E-state index contributed by atoms with van der Waals surface area (Å²) in [5.74, 6) is 1.93. The quantitative estimate of drug-likeness (QED) is 0.796. The second kappa shape index (κ2) is 8.47. The van der Waals surface area contributed by atoms with Crippen LogP contribution in [-0.2, 0) is 24.2 Å². The molecule has 142 valence electrons. The second-order valence-corrected chi connectivity index (χ2v) is 8.26. The lowest BCUT2D eigenvalue weighted by Gasteiger charge is -2.17. The van der Waals surface area contributed by atoms with Gasteiger partial charge in [0.25, 0.3) is 0 Å². The highest BCUT2D eigenvalue weighted by Crippen LogP contribution is 2.21. The van der Waals surface area contributed by atoms with E-state index in [0.29, 0.717) is 12.8 Å². The molecule has 1 aromatic heterocycles. The third-order valence-electron chi connectivity index (χ3n) is 4.40. The van der Waals surface area contributed by atoms with Crippen molar-refractivity contribution in [2.24, 2.45) is 5.41 Å². The summed E-state index contributed by atoms with van der Waals surface area (Å²) in [5.41, 5.74) is 3.43. The zero-order valence-electron chi connectivity index (χ0n) is 17.0. The van der Waals surface area contributed by atoms with E-state index >= 15 is 0 Å². The third-order valence-corrected chi connectivity index (χ3v) is 4.40. The van der Waals surface area contributed by atoms with Crippen molar-refractivity contribution in [3.63, 3.8) is 0 Å². The molecule has 5 heteroatoms. The zero-order chi connectivity index (χ0) is 19.3. The molecule has 0 aliphatic rings. The number of nitrogens with one attached hydrogen (secondary N) is 1. The van der Waals surface area contributed by atoms with Crippen LogP contribution in [-0.4, -0.2) is 20.7 Å². The van der Waals surface area contributed by atoms with E-state index in [0.717, 1.165) is 47.8 Å². The van der Waals surface area contributed by atoms with Crippen LogP contribution in [0.1, 0.15) is 63.3 Å². The third kappa shape index (κ3) is 5.97. The maximum absolute atomic E-state index is 12.3. The molecule has 0 saturated carbocycles. The molecule has 0 atom stereocenters. The topological polar surface area (TPSA) is 59.8 Å². The van der Waals surface area contributed by atoms with Crippen molar-refractivity contribution in [2.45, 2.75) is 73.8 Å². The predicted molar refractivity (Wildman–Crippen MR) is 106 cm³/mol. The molecular weight excluding hydrogens is 324 g/mol. The van der Waals surface area contributed by atoms with Crippen molar-refractivity contribution in [3.05, 3.63) is 41.0 Å². The number of nitrogens with zero attached hydrogens (tertiary/aromatic N) is 3. The predicted octanol–water partition coefficient (Wildman–Crippen LogP) is 4.46. The number of benzene rings is 1. The molecule has 0 spiro atoms. The molecule has 0 unspecified atom stereocenters. The van der Waals surface area contributed by atoms with Crippen molar-refractivity contribution in [2.75, 3.05) is 5.32 Å². The molecule has 26 heavy (non-hydrogen) atoms. The van der Waals surface area contributed by atoms with E-state index in [-0.39, 0.29) is 11.3 Å². The zero-order valence-corrected chi connectivity index (χ0v) is 17.0. The maximum Gasteiger partial charge on any atom is 0.224 e. The van der Waals surface area contributed by atoms with Gasteiger partial charge in [-0.15, -0.1) is 10.2 Å². The summed E-state index contributed by atoms with van der Waals surface area (Å²) in [5, 5.41) is 11.7. The Kier molecular flexibility index (Phi) is 6.57. The van der Waals surface area contributed by atoms with Gasteiger partial charge < -0.3 is 9.88 Å². The van der Waals surface area contributed by atoms with E-state index in [1.165, 1.54) is 0 Å². The molecule has 5 nitrogen and oxygen atoms in total. The number of amides is 1. The molecule has 0 fully saturated rings. The van der Waals surface area contributed by atoms with E-state index in [4.69, 9.17) is 0 Å². The van der Waals surface area contributed by atoms with Crippen LogP contribution >= 0.6 is 0 Å². The molecule has 0 aliphatic heterocycles. The van der Waals surface area contributed by atoms with E-state index < -0.39 is 0 Å². The Morgan fingerprint density at radius 2 is 1.62 bits per heavy atom. The van der Waals surface area contributed by atoms with Crippen LogP contribution in [0.3, 0.4) is 0 Å². The van der Waals surface area contributed by atoms with Crippen LogP contribution in [0.2, 0.25) is 0 Å². The number of anilines is 1. The Labute approximate surface area is 157 Å². The molecule has 1 aromatic carbocycles. The lowest BCUT2D eigenvalue weighted by molar-refractivity contribution is -0.116. The molecular formula is C21H32N4O. The van der Waals surface area contributed by atoms with Gasteiger partial charge in [-0.2, -0.15) is 0 Å². The highest BCUT2D eigenvalue weighted by molar-refractivity contribution is 5.90. The number of carbonyl (C=O) groups excluding carboxylic acids is 1. The van der Waals surface area contributed by atoms with Gasteiger partial charge >= 0.3 is 0 Å². The number of rotatable bonds is 7. The minimum Gasteiger partial charge on any atom is -0.326 e. The molecule has 0 saturated heterocycles. The fourth-order valence-electron chi connectivity index (χ4n) is 3.09. The van der Waals surface area contributed by atoms with E-state index in [1.807, 2.05) is 26.0 Å². The van der Waals surface area contributed by atoms with Gasteiger partial charge in [-0.25, -0.2) is 0 Å². The first-order valence-electron chi connectivity index (χ1n) is 9.47. The summed E-state index contributed by atoms with van der Waals surface area (Å²) in [6.45, 7) is 13.7. The summed E-state index contributed by atoms with van der Waals surface area (Å²) < 4.78 is 2.15. The Balaban J connectivity index is 1.96. The fourth-order valence-corrected chi connectivity index (χ4v) is 3.09. The highest BCUT2D eigenvalue weighted by Gasteiger charge is 2.16. The lowest BCUT2D eigenvalue weighted by atomic mass is 9.90. The average molecular weight is 357 g/mol. The smallest absolute Gasteiger partial charge is 0.224 e. The first kappa shape index (κ1) is 20.1. The van der Waals surface area contributed by atoms with Crippen molar-refractivity contribution in [3.8, 4) is 0 Å². The van der Waals surface area contributed by atoms with Gasteiger partial charge in [-0.1, -0.05) is 26.8 Å². The molecule has 0 bridgehead atoms. The molecule has 1 amide bonds. The van der Waals surface area contributed by atoms with Gasteiger partial charge in [0.1, 0.15) is 11.6 Å². The lowest BCUT2D eigenvalue weighted by Crippen LogP contribution is -2.15. The van der Waals surface area contributed by atoms with Crippen LogP contribution < -0.4 is 5.32 Å². The van der Waals surface area contributed by atoms with Gasteiger partial charge in [-0.05, 0) is 55.9 Å². The van der Waals surface area contributed by atoms with Crippen molar-refractivity contribution < 1.29 is 4.79 Å². The number of hydrogen-bond donors (Lipinski definition) is 1. The van der Waals surface area contributed by atoms with Crippen molar-refractivity contribution in [1.29, 1.82) is 0 Å². The van der Waals surface area contributed by atoms with Gasteiger partial charge in [0.2, 0.25) is 5.91 Å². The summed E-state index contributed by atoms with van der Waals surface area (Å²) >= 11 is 0. The van der Waals surface area contributed by atoms with Crippen LogP contribution in [0, 0.1) is 19.3 Å². The van der Waals surface area contributed by atoms with Crippen LogP contribution in [0.5, 0.6) is 0 Å². The first-order valence-corrected chi connectivity index (χ1v) is 9.47. The van der Waals surface area contributed by atoms with E-state index in [1.54, 1.807) is 0 Å². The number of carbonyl (C=O) groups is 1. The molecule has 1 heterocycles. The summed E-state index contributed by atoms with van der Waals surface area (Å²) in [7, 11) is 0. The van der Waals surface area contributed by atoms with Crippen molar-refractivity contribution >= 4 is 11.6 Å². The van der Waals surface area contributed by atoms with E-state index in [9.17, 15) is 4.79 Å². The molecule has 1 N–H and O–H groups in total. The summed E-state index contributed by atoms with van der Waals surface area (Å²) in [6.07, 6.45) is 2.99. The molecule has 2 rings (SSSR count). The Hall–Kier alpha value is -2.17. The molecule has 0 aliphatic carbocycles. The minimum atomic E-state index is 0.0110. The number of aryl methyl sites for hydroxylation is 4.